The topological polar surface area (TPSA) is 183 Å². The molecule has 0 saturated carbocycles. The molecule has 14 nitrogen and oxygen atoms in total. The van der Waals surface area contributed by atoms with Crippen LogP contribution >= 0.6 is 0 Å². The molecule has 49 heavy (non-hydrogen) atoms. The molecular formula is C35H43N9O5. The monoisotopic (exact) mass is 669 g/mol. The molecule has 14 heteroatoms. The Labute approximate surface area is 285 Å². The second kappa shape index (κ2) is 13.5. The van der Waals surface area contributed by atoms with Crippen LogP contribution in [0.5, 0.6) is 5.88 Å². The van der Waals surface area contributed by atoms with E-state index in [0.29, 0.717) is 53.3 Å². The first-order valence-electron chi connectivity index (χ1n) is 16.8. The highest BCUT2D eigenvalue weighted by Crippen LogP contribution is 2.54. The first-order chi connectivity index (χ1) is 23.8. The fourth-order valence-corrected chi connectivity index (χ4v) is 8.08. The minimum absolute atomic E-state index is 0.0281. The van der Waals surface area contributed by atoms with Crippen molar-refractivity contribution >= 4 is 5.69 Å². The molecule has 4 heterocycles. The Bertz CT molecular complexity index is 1870. The lowest BCUT2D eigenvalue weighted by Gasteiger charge is -2.33. The number of fused-ring (bicyclic) bond motifs is 4. The molecule has 0 amide bonds. The molecule has 7 rings (SSSR count). The van der Waals surface area contributed by atoms with Gasteiger partial charge in [0.05, 0.1) is 29.7 Å². The van der Waals surface area contributed by atoms with E-state index >= 15 is 0 Å². The van der Waals surface area contributed by atoms with E-state index < -0.39 is 11.6 Å². The Hall–Kier alpha value is -4.39. The maximum Gasteiger partial charge on any atom is 0.219 e. The summed E-state index contributed by atoms with van der Waals surface area (Å²) >= 11 is 0. The number of nitrogens with zero attached hydrogens (tertiary/aromatic N) is 7. The number of aliphatic hydroxyl groups excluding tert-OH is 1. The summed E-state index contributed by atoms with van der Waals surface area (Å²) in [6.07, 6.45) is 5.50. The third-order valence-corrected chi connectivity index (χ3v) is 10.4. The summed E-state index contributed by atoms with van der Waals surface area (Å²) in [5, 5.41) is 33.0. The van der Waals surface area contributed by atoms with Crippen molar-refractivity contribution in [2.24, 2.45) is 0 Å². The molecule has 4 N–H and O–H groups in total. The number of aryl methyl sites for hydroxylation is 1. The van der Waals surface area contributed by atoms with Crippen LogP contribution in [0.3, 0.4) is 0 Å². The van der Waals surface area contributed by atoms with Gasteiger partial charge in [-0.15, -0.1) is 0 Å². The van der Waals surface area contributed by atoms with Crippen molar-refractivity contribution in [1.29, 1.82) is 5.26 Å². The Kier molecular flexibility index (Phi) is 9.12. The van der Waals surface area contributed by atoms with Gasteiger partial charge in [-0.05, 0) is 75.8 Å². The molecule has 1 spiro atoms. The summed E-state index contributed by atoms with van der Waals surface area (Å²) in [6.45, 7) is 3.84. The van der Waals surface area contributed by atoms with Crippen molar-refractivity contribution in [2.45, 2.75) is 75.3 Å². The minimum atomic E-state index is -0.988. The van der Waals surface area contributed by atoms with Crippen LogP contribution in [0, 0.1) is 11.3 Å². The van der Waals surface area contributed by atoms with Crippen LogP contribution < -0.4 is 15.8 Å². The quantitative estimate of drug-likeness (QED) is 0.120. The van der Waals surface area contributed by atoms with Crippen molar-refractivity contribution in [2.75, 3.05) is 46.7 Å². The number of aromatic nitrogens is 5. The number of nitrogens with one attached hydrogen (secondary N) is 1. The number of rotatable bonds is 11. The molecule has 1 saturated heterocycles. The Morgan fingerprint density at radius 2 is 2.08 bits per heavy atom. The molecule has 1 unspecified atom stereocenters. The number of aliphatic hydroxyl groups is 1. The van der Waals surface area contributed by atoms with Crippen molar-refractivity contribution < 1.29 is 23.8 Å². The largest absolute Gasteiger partial charge is 0.473 e. The predicted molar refractivity (Wildman–Crippen MR) is 179 cm³/mol. The van der Waals surface area contributed by atoms with Gasteiger partial charge < -0.3 is 29.6 Å². The maximum absolute atomic E-state index is 10.7. The van der Waals surface area contributed by atoms with Gasteiger partial charge >= 0.3 is 0 Å². The summed E-state index contributed by atoms with van der Waals surface area (Å²) in [6, 6.07) is 9.71. The molecule has 1 aromatic carbocycles. The third-order valence-electron chi connectivity index (χ3n) is 10.4. The molecule has 3 aromatic heterocycles. The van der Waals surface area contributed by atoms with Crippen molar-refractivity contribution in [3.05, 3.63) is 64.2 Å². The van der Waals surface area contributed by atoms with E-state index in [2.05, 4.69) is 33.6 Å². The van der Waals surface area contributed by atoms with Gasteiger partial charge in [0.1, 0.15) is 24.1 Å². The normalized spacial score (nSPS) is 22.9. The second-order valence-corrected chi connectivity index (χ2v) is 13.2. The van der Waals surface area contributed by atoms with E-state index in [9.17, 15) is 10.4 Å². The molecule has 5 atom stereocenters. The smallest absolute Gasteiger partial charge is 0.219 e. The SMILES string of the molecule is COCCNC(O)c1ccn(-c2cc(O[C@@H](C)[C@@H]3[C@@H](OC)CCN3C)nc(-c3noc4c3CCC[C@@]43CCc4ccc(N)c(C#N)c43)n2)n1. The van der Waals surface area contributed by atoms with E-state index in [1.54, 1.807) is 37.2 Å². The molecule has 3 aliphatic rings. The van der Waals surface area contributed by atoms with Gasteiger partial charge in [0.25, 0.3) is 0 Å². The number of hydrogen-bond donors (Lipinski definition) is 3. The van der Waals surface area contributed by atoms with E-state index in [0.717, 1.165) is 67.5 Å². The van der Waals surface area contributed by atoms with Gasteiger partial charge in [-0.3, -0.25) is 10.2 Å². The molecule has 258 valence electrons. The molecule has 4 aromatic rings. The lowest BCUT2D eigenvalue weighted by Crippen LogP contribution is -2.44. The summed E-state index contributed by atoms with van der Waals surface area (Å²) < 4.78 is 25.2. The number of nitrogens with two attached hydrogens (primary N) is 1. The molecule has 0 bridgehead atoms. The highest BCUT2D eigenvalue weighted by molar-refractivity contribution is 5.68. The Morgan fingerprint density at radius 1 is 1.22 bits per heavy atom. The number of nitriles is 1. The second-order valence-electron chi connectivity index (χ2n) is 13.2. The van der Waals surface area contributed by atoms with Gasteiger partial charge in [0.2, 0.25) is 5.88 Å². The van der Waals surface area contributed by atoms with Crippen LogP contribution in [0.4, 0.5) is 5.69 Å². The van der Waals surface area contributed by atoms with E-state index in [1.807, 2.05) is 19.1 Å². The summed E-state index contributed by atoms with van der Waals surface area (Å²) in [5.41, 5.74) is 10.8. The standard InChI is InChI=1S/C35H43N9O5/c1-20(31-26(47-4)11-15-43(31)2)48-28-18-27(44-16-10-25(41-44)34(45)38-14-17-46-3)39-33(40-28)30-22-6-5-12-35(32(22)49-42-30)13-9-21-7-8-24(37)23(19-36)29(21)35/h7-8,10,16,18,20,26,31,34,38,45H,5-6,9,11-15,17,37H2,1-4H3/t20-,26-,31+,34?,35-/m0/s1. The average molecular weight is 670 g/mol. The number of ether oxygens (including phenoxy) is 3. The molecule has 0 radical (unpaired) electrons. The molecule has 1 fully saturated rings. The lowest BCUT2D eigenvalue weighted by atomic mass is 9.68. The fraction of sp³-hybridized carbons (Fsp3) is 0.514. The van der Waals surface area contributed by atoms with Crippen LogP contribution in [0.15, 0.2) is 35.0 Å². The molecule has 1 aliphatic heterocycles. The van der Waals surface area contributed by atoms with E-state index in [-0.39, 0.29) is 18.2 Å². The summed E-state index contributed by atoms with van der Waals surface area (Å²) in [7, 11) is 5.41. The number of hydrogen-bond acceptors (Lipinski definition) is 13. The summed E-state index contributed by atoms with van der Waals surface area (Å²) in [4.78, 5) is 12.1. The van der Waals surface area contributed by atoms with Gasteiger partial charge in [-0.2, -0.15) is 15.3 Å². The van der Waals surface area contributed by atoms with Gasteiger partial charge in [-0.1, -0.05) is 11.2 Å². The zero-order chi connectivity index (χ0) is 34.3. The highest BCUT2D eigenvalue weighted by Gasteiger charge is 2.49. The first kappa shape index (κ1) is 33.1. The molecular weight excluding hydrogens is 626 g/mol. The number of methoxy groups -OCH3 is 2. The Balaban J connectivity index is 1.29. The summed E-state index contributed by atoms with van der Waals surface area (Å²) in [5.74, 6) is 1.89. The average Bonchev–Trinajstić information content (AvgIpc) is 3.91. The van der Waals surface area contributed by atoms with Crippen molar-refractivity contribution in [1.82, 2.24) is 35.1 Å². The third kappa shape index (κ3) is 5.85. The predicted octanol–water partition coefficient (Wildman–Crippen LogP) is 3.05. The number of benzene rings is 1. The number of anilines is 1. The Morgan fingerprint density at radius 3 is 2.88 bits per heavy atom. The van der Waals surface area contributed by atoms with Crippen molar-refractivity contribution in [3.8, 4) is 29.3 Å². The highest BCUT2D eigenvalue weighted by atomic mass is 16.5. The van der Waals surface area contributed by atoms with Crippen LogP contribution in [0.25, 0.3) is 17.3 Å². The zero-order valence-corrected chi connectivity index (χ0v) is 28.3. The minimum Gasteiger partial charge on any atom is -0.473 e. The fourth-order valence-electron chi connectivity index (χ4n) is 8.08. The van der Waals surface area contributed by atoms with Gasteiger partial charge in [0, 0.05) is 50.8 Å². The zero-order valence-electron chi connectivity index (χ0n) is 28.3. The van der Waals surface area contributed by atoms with Crippen molar-refractivity contribution in [3.63, 3.8) is 0 Å². The van der Waals surface area contributed by atoms with Crippen LogP contribution in [0.2, 0.25) is 0 Å². The van der Waals surface area contributed by atoms with E-state index in [4.69, 9.17) is 34.4 Å². The van der Waals surface area contributed by atoms with Crippen LogP contribution in [-0.2, 0) is 27.7 Å². The maximum atomic E-state index is 10.7. The molecule has 2 aliphatic carbocycles. The van der Waals surface area contributed by atoms with Gasteiger partial charge in [-0.25, -0.2) is 9.67 Å². The van der Waals surface area contributed by atoms with Crippen LogP contribution in [-0.4, -0.2) is 94.1 Å². The lowest BCUT2D eigenvalue weighted by molar-refractivity contribution is 0.0174. The van der Waals surface area contributed by atoms with E-state index in [1.165, 1.54) is 0 Å². The number of likely N-dealkylation sites (N-methyl/N-ethyl adjacent to an activating group) is 1. The number of likely N-dealkylation sites (tertiary alicyclic amines) is 1. The van der Waals surface area contributed by atoms with Gasteiger partial charge in [0.15, 0.2) is 23.1 Å². The van der Waals surface area contributed by atoms with Crippen LogP contribution in [0.1, 0.15) is 72.5 Å². The number of nitrogen functional groups attached to an aromatic ring is 1. The first-order valence-corrected chi connectivity index (χ1v) is 16.8.